The van der Waals surface area contributed by atoms with E-state index in [0.29, 0.717) is 33.1 Å². The first-order valence-electron chi connectivity index (χ1n) is 9.56. The first-order valence-corrected chi connectivity index (χ1v) is 10.7. The van der Waals surface area contributed by atoms with E-state index in [1.807, 2.05) is 19.1 Å². The number of aryl methyl sites for hydroxylation is 1. The minimum atomic E-state index is -0.746. The highest BCUT2D eigenvalue weighted by molar-refractivity contribution is 9.10. The fourth-order valence-electron chi connectivity index (χ4n) is 2.79. The van der Waals surface area contributed by atoms with Gasteiger partial charge in [-0.25, -0.2) is 0 Å². The summed E-state index contributed by atoms with van der Waals surface area (Å²) in [5.74, 6) is 0.329. The fourth-order valence-corrected chi connectivity index (χ4v) is 3.51. The fraction of sp³-hybridized carbons (Fsp3) is 0.136. The molecule has 0 atom stereocenters. The summed E-state index contributed by atoms with van der Waals surface area (Å²) in [6, 6.07) is 12.0. The van der Waals surface area contributed by atoms with Crippen LogP contribution >= 0.6 is 27.5 Å². The van der Waals surface area contributed by atoms with Crippen LogP contribution in [0.15, 0.2) is 58.0 Å². The van der Waals surface area contributed by atoms with Crippen molar-refractivity contribution in [3.63, 3.8) is 0 Å². The van der Waals surface area contributed by atoms with Gasteiger partial charge in [0.25, 0.3) is 5.69 Å². The molecule has 9 nitrogen and oxygen atoms in total. The Labute approximate surface area is 202 Å². The number of nitro groups is 2. The van der Waals surface area contributed by atoms with Crippen LogP contribution in [0.25, 0.3) is 0 Å². The third-order valence-electron chi connectivity index (χ3n) is 4.41. The van der Waals surface area contributed by atoms with Gasteiger partial charge in [-0.2, -0.15) is 0 Å². The molecule has 3 rings (SSSR count). The number of hydrogen-bond donors (Lipinski definition) is 0. The Morgan fingerprint density at radius 3 is 2.45 bits per heavy atom. The maximum Gasteiger partial charge on any atom is 0.318 e. The monoisotopic (exact) mass is 533 g/mol. The van der Waals surface area contributed by atoms with Gasteiger partial charge in [0, 0.05) is 17.3 Å². The van der Waals surface area contributed by atoms with E-state index in [4.69, 9.17) is 21.1 Å². The van der Waals surface area contributed by atoms with Crippen molar-refractivity contribution in [3.8, 4) is 17.2 Å². The molecule has 33 heavy (non-hydrogen) atoms. The minimum Gasteiger partial charge on any atom is -0.490 e. The van der Waals surface area contributed by atoms with Crippen LogP contribution in [0.2, 0.25) is 5.02 Å². The molecule has 170 valence electrons. The maximum absolute atomic E-state index is 11.4. The van der Waals surface area contributed by atoms with Crippen LogP contribution in [-0.4, -0.2) is 22.7 Å². The van der Waals surface area contributed by atoms with Crippen molar-refractivity contribution < 1.29 is 19.3 Å². The summed E-state index contributed by atoms with van der Waals surface area (Å²) in [6.45, 7) is 3.98. The molecule has 0 spiro atoms. The minimum absolute atomic E-state index is 0.164. The zero-order valence-corrected chi connectivity index (χ0v) is 19.8. The third kappa shape index (κ3) is 5.85. The van der Waals surface area contributed by atoms with E-state index < -0.39 is 21.2 Å². The van der Waals surface area contributed by atoms with E-state index in [1.54, 1.807) is 31.3 Å². The van der Waals surface area contributed by atoms with Gasteiger partial charge in [0.05, 0.1) is 32.7 Å². The lowest BCUT2D eigenvalue weighted by Crippen LogP contribution is -2.00. The van der Waals surface area contributed by atoms with Gasteiger partial charge in [0.15, 0.2) is 11.5 Å². The molecule has 0 aliphatic carbocycles. The topological polar surface area (TPSA) is 117 Å². The molecule has 0 heterocycles. The molecule has 0 aliphatic heterocycles. The number of nitro benzene ring substituents is 2. The Bertz CT molecular complexity index is 1270. The first-order chi connectivity index (χ1) is 15.7. The van der Waals surface area contributed by atoms with Crippen molar-refractivity contribution in [3.05, 3.63) is 89.4 Å². The predicted octanol–water partition coefficient (Wildman–Crippen LogP) is 7.17. The molecular formula is C22H17BrClN3O6. The summed E-state index contributed by atoms with van der Waals surface area (Å²) in [7, 11) is 0. The molecular weight excluding hydrogens is 518 g/mol. The number of non-ortho nitro benzene ring substituents is 1. The lowest BCUT2D eigenvalue weighted by atomic mass is 10.2. The van der Waals surface area contributed by atoms with Gasteiger partial charge in [-0.3, -0.25) is 25.2 Å². The molecule has 0 unspecified atom stereocenters. The van der Waals surface area contributed by atoms with E-state index in [-0.39, 0.29) is 11.5 Å². The number of halogens is 2. The van der Waals surface area contributed by atoms with Crippen LogP contribution in [0.5, 0.6) is 17.2 Å². The number of benzene rings is 3. The zero-order chi connectivity index (χ0) is 24.1. The molecule has 11 heteroatoms. The number of aliphatic imine (C=N–C) groups is 1. The van der Waals surface area contributed by atoms with Crippen molar-refractivity contribution in [2.24, 2.45) is 4.99 Å². The molecule has 0 radical (unpaired) electrons. The average Bonchev–Trinajstić information content (AvgIpc) is 2.77. The summed E-state index contributed by atoms with van der Waals surface area (Å²) < 4.78 is 11.9. The number of nitrogens with zero attached hydrogens (tertiary/aromatic N) is 3. The smallest absolute Gasteiger partial charge is 0.318 e. The molecule has 0 fully saturated rings. The molecule has 0 bridgehead atoms. The molecule has 0 N–H and O–H groups in total. The Hall–Kier alpha value is -3.50. The van der Waals surface area contributed by atoms with Gasteiger partial charge >= 0.3 is 5.69 Å². The van der Waals surface area contributed by atoms with E-state index in [1.165, 1.54) is 6.07 Å². The lowest BCUT2D eigenvalue weighted by Gasteiger charge is -2.14. The Morgan fingerprint density at radius 2 is 1.82 bits per heavy atom. The highest BCUT2D eigenvalue weighted by atomic mass is 79.9. The van der Waals surface area contributed by atoms with Crippen molar-refractivity contribution in [2.75, 3.05) is 6.61 Å². The van der Waals surface area contributed by atoms with Gasteiger partial charge in [-0.05, 0) is 71.2 Å². The Morgan fingerprint density at radius 1 is 1.06 bits per heavy atom. The number of hydrogen-bond acceptors (Lipinski definition) is 7. The van der Waals surface area contributed by atoms with Crippen LogP contribution < -0.4 is 9.47 Å². The van der Waals surface area contributed by atoms with Gasteiger partial charge in [-0.15, -0.1) is 0 Å². The molecule has 0 saturated heterocycles. The van der Waals surface area contributed by atoms with Gasteiger partial charge in [-0.1, -0.05) is 17.7 Å². The molecule has 3 aromatic carbocycles. The van der Waals surface area contributed by atoms with Crippen molar-refractivity contribution >= 4 is 50.8 Å². The predicted molar refractivity (Wildman–Crippen MR) is 129 cm³/mol. The summed E-state index contributed by atoms with van der Waals surface area (Å²) in [5, 5.41) is 23.0. The number of ether oxygens (including phenoxy) is 2. The summed E-state index contributed by atoms with van der Waals surface area (Å²) in [4.78, 5) is 25.4. The summed E-state index contributed by atoms with van der Waals surface area (Å²) >= 11 is 9.55. The van der Waals surface area contributed by atoms with E-state index in [2.05, 4.69) is 20.9 Å². The van der Waals surface area contributed by atoms with E-state index in [9.17, 15) is 20.2 Å². The molecule has 0 aromatic heterocycles. The van der Waals surface area contributed by atoms with E-state index >= 15 is 0 Å². The van der Waals surface area contributed by atoms with Crippen LogP contribution in [0.4, 0.5) is 17.1 Å². The summed E-state index contributed by atoms with van der Waals surface area (Å²) in [6.07, 6.45) is 1.62. The SMILES string of the molecule is CCOc1cc(C=Nc2ccc(C)c(Cl)c2)cc(Br)c1Oc1ccc([N+](=O)[O-])cc1[N+](=O)[O-]. The van der Waals surface area contributed by atoms with Crippen LogP contribution in [-0.2, 0) is 0 Å². The second-order valence-electron chi connectivity index (χ2n) is 6.72. The number of rotatable bonds is 8. The third-order valence-corrected chi connectivity index (χ3v) is 5.41. The Kier molecular flexibility index (Phi) is 7.62. The normalized spacial score (nSPS) is 10.9. The molecule has 0 aliphatic rings. The largest absolute Gasteiger partial charge is 0.490 e. The Balaban J connectivity index is 1.98. The highest BCUT2D eigenvalue weighted by Crippen LogP contribution is 2.43. The van der Waals surface area contributed by atoms with Gasteiger partial charge < -0.3 is 9.47 Å². The van der Waals surface area contributed by atoms with Crippen molar-refractivity contribution in [1.29, 1.82) is 0 Å². The highest BCUT2D eigenvalue weighted by Gasteiger charge is 2.23. The average molecular weight is 535 g/mol. The quantitative estimate of drug-likeness (QED) is 0.172. The zero-order valence-electron chi connectivity index (χ0n) is 17.5. The molecule has 0 amide bonds. The van der Waals surface area contributed by atoms with Crippen molar-refractivity contribution in [2.45, 2.75) is 13.8 Å². The molecule has 0 saturated carbocycles. The first kappa shape index (κ1) is 24.1. The van der Waals surface area contributed by atoms with Gasteiger partial charge in [0.2, 0.25) is 5.75 Å². The van der Waals surface area contributed by atoms with Crippen LogP contribution in [0.3, 0.4) is 0 Å². The van der Waals surface area contributed by atoms with Crippen LogP contribution in [0, 0.1) is 27.2 Å². The molecule has 3 aromatic rings. The van der Waals surface area contributed by atoms with Crippen LogP contribution in [0.1, 0.15) is 18.1 Å². The maximum atomic E-state index is 11.4. The van der Waals surface area contributed by atoms with E-state index in [0.717, 1.165) is 17.7 Å². The summed E-state index contributed by atoms with van der Waals surface area (Å²) in [5.41, 5.74) is 1.33. The standard InChI is InChI=1S/C22H17BrClN3O6/c1-3-32-21-9-14(12-25-15-5-4-13(2)18(24)10-15)8-17(23)22(21)33-20-7-6-16(26(28)29)11-19(20)27(30)31/h4-12H,3H2,1-2H3. The van der Waals surface area contributed by atoms with Crippen molar-refractivity contribution in [1.82, 2.24) is 0 Å². The lowest BCUT2D eigenvalue weighted by molar-refractivity contribution is -0.394. The second kappa shape index (κ2) is 10.4. The van der Waals surface area contributed by atoms with Gasteiger partial charge in [0.1, 0.15) is 0 Å². The second-order valence-corrected chi connectivity index (χ2v) is 7.98.